The number of amidine groups is 1. The van der Waals surface area contributed by atoms with Crippen LogP contribution in [0.5, 0.6) is 0 Å². The lowest BCUT2D eigenvalue weighted by Crippen LogP contribution is -2.47. The second-order valence-corrected chi connectivity index (χ2v) is 5.39. The number of nitrogens with zero attached hydrogens (tertiary/aromatic N) is 6. The SMILES string of the molecule is N/C(=N/O)c1ccnc(N2CCN(c3nccs3)CC2)n1. The molecule has 0 atom stereocenters. The summed E-state index contributed by atoms with van der Waals surface area (Å²) in [4.78, 5) is 17.2. The van der Waals surface area contributed by atoms with Gasteiger partial charge in [0, 0.05) is 44.0 Å². The van der Waals surface area contributed by atoms with Crippen LogP contribution in [-0.4, -0.2) is 52.2 Å². The molecule has 0 saturated carbocycles. The Labute approximate surface area is 125 Å². The van der Waals surface area contributed by atoms with Gasteiger partial charge in [-0.1, -0.05) is 5.16 Å². The van der Waals surface area contributed by atoms with Gasteiger partial charge in [0.25, 0.3) is 0 Å². The Kier molecular flexibility index (Phi) is 3.82. The van der Waals surface area contributed by atoms with Crippen molar-refractivity contribution in [1.29, 1.82) is 0 Å². The Morgan fingerprint density at radius 2 is 1.95 bits per heavy atom. The minimum absolute atomic E-state index is 0.0138. The highest BCUT2D eigenvalue weighted by molar-refractivity contribution is 7.13. The van der Waals surface area contributed by atoms with Crippen molar-refractivity contribution in [2.45, 2.75) is 0 Å². The van der Waals surface area contributed by atoms with Crippen molar-refractivity contribution in [2.24, 2.45) is 10.9 Å². The fraction of sp³-hybridized carbons (Fsp3) is 0.333. The van der Waals surface area contributed by atoms with Crippen LogP contribution in [0.1, 0.15) is 5.69 Å². The fourth-order valence-electron chi connectivity index (χ4n) is 2.16. The molecule has 1 saturated heterocycles. The first-order chi connectivity index (χ1) is 10.3. The van der Waals surface area contributed by atoms with Gasteiger partial charge in [0.05, 0.1) is 0 Å². The molecule has 0 aromatic carbocycles. The third kappa shape index (κ3) is 2.87. The molecular weight excluding hydrogens is 290 g/mol. The zero-order valence-corrected chi connectivity index (χ0v) is 12.1. The van der Waals surface area contributed by atoms with Gasteiger partial charge in [-0.25, -0.2) is 15.0 Å². The van der Waals surface area contributed by atoms with E-state index in [-0.39, 0.29) is 5.84 Å². The maximum atomic E-state index is 8.71. The first kappa shape index (κ1) is 13.6. The molecule has 3 N–H and O–H groups in total. The lowest BCUT2D eigenvalue weighted by atomic mass is 10.3. The van der Waals surface area contributed by atoms with E-state index in [2.05, 4.69) is 29.9 Å². The minimum atomic E-state index is -0.0138. The van der Waals surface area contributed by atoms with E-state index in [4.69, 9.17) is 10.9 Å². The Hall–Kier alpha value is -2.42. The van der Waals surface area contributed by atoms with Crippen molar-refractivity contribution in [1.82, 2.24) is 15.0 Å². The van der Waals surface area contributed by atoms with Crippen LogP contribution < -0.4 is 15.5 Å². The maximum Gasteiger partial charge on any atom is 0.226 e. The quantitative estimate of drug-likeness (QED) is 0.365. The first-order valence-corrected chi connectivity index (χ1v) is 7.36. The van der Waals surface area contributed by atoms with Crippen molar-refractivity contribution in [3.05, 3.63) is 29.5 Å². The second-order valence-electron chi connectivity index (χ2n) is 4.52. The molecule has 8 nitrogen and oxygen atoms in total. The minimum Gasteiger partial charge on any atom is -0.409 e. The number of aromatic nitrogens is 3. The maximum absolute atomic E-state index is 8.71. The molecule has 110 valence electrons. The standard InChI is InChI=1S/C12H15N7OS/c13-10(17-20)9-1-2-14-11(16-9)18-4-6-19(7-5-18)12-15-3-8-21-12/h1-3,8,20H,4-7H2,(H2,13,17). The molecule has 1 aliphatic rings. The number of hydrogen-bond donors (Lipinski definition) is 2. The summed E-state index contributed by atoms with van der Waals surface area (Å²) in [6.07, 6.45) is 3.43. The molecule has 21 heavy (non-hydrogen) atoms. The summed E-state index contributed by atoms with van der Waals surface area (Å²) in [6, 6.07) is 1.62. The molecule has 0 amide bonds. The van der Waals surface area contributed by atoms with Crippen LogP contribution in [0.4, 0.5) is 11.1 Å². The molecule has 3 rings (SSSR count). The van der Waals surface area contributed by atoms with E-state index in [1.54, 1.807) is 23.6 Å². The van der Waals surface area contributed by atoms with Gasteiger partial charge in [-0.15, -0.1) is 11.3 Å². The summed E-state index contributed by atoms with van der Waals surface area (Å²) < 4.78 is 0. The first-order valence-electron chi connectivity index (χ1n) is 6.48. The number of rotatable bonds is 3. The Morgan fingerprint density at radius 3 is 2.62 bits per heavy atom. The Balaban J connectivity index is 1.69. The van der Waals surface area contributed by atoms with Gasteiger partial charge < -0.3 is 20.7 Å². The number of nitrogens with two attached hydrogens (primary N) is 1. The summed E-state index contributed by atoms with van der Waals surface area (Å²) in [5, 5.41) is 14.7. The second kappa shape index (κ2) is 5.92. The average Bonchev–Trinajstić information content (AvgIpc) is 3.09. The predicted molar refractivity (Wildman–Crippen MR) is 81.1 cm³/mol. The smallest absolute Gasteiger partial charge is 0.226 e. The lowest BCUT2D eigenvalue weighted by molar-refractivity contribution is 0.318. The fourth-order valence-corrected chi connectivity index (χ4v) is 2.86. The highest BCUT2D eigenvalue weighted by atomic mass is 32.1. The van der Waals surface area contributed by atoms with Crippen LogP contribution in [0.25, 0.3) is 0 Å². The van der Waals surface area contributed by atoms with E-state index >= 15 is 0 Å². The van der Waals surface area contributed by atoms with Crippen molar-refractivity contribution in [3.8, 4) is 0 Å². The van der Waals surface area contributed by atoms with E-state index in [0.717, 1.165) is 31.3 Å². The van der Waals surface area contributed by atoms with E-state index < -0.39 is 0 Å². The average molecular weight is 305 g/mol. The van der Waals surface area contributed by atoms with Crippen molar-refractivity contribution in [3.63, 3.8) is 0 Å². The highest BCUT2D eigenvalue weighted by Gasteiger charge is 2.20. The molecule has 2 aromatic heterocycles. The monoisotopic (exact) mass is 305 g/mol. The van der Waals surface area contributed by atoms with Gasteiger partial charge in [0.2, 0.25) is 5.95 Å². The third-order valence-corrected chi connectivity index (χ3v) is 4.10. The normalized spacial score (nSPS) is 16.3. The van der Waals surface area contributed by atoms with Crippen LogP contribution in [0.2, 0.25) is 0 Å². The van der Waals surface area contributed by atoms with Crippen molar-refractivity contribution >= 4 is 28.3 Å². The van der Waals surface area contributed by atoms with Gasteiger partial charge >= 0.3 is 0 Å². The molecule has 0 unspecified atom stereocenters. The van der Waals surface area contributed by atoms with Crippen LogP contribution >= 0.6 is 11.3 Å². The van der Waals surface area contributed by atoms with Crippen molar-refractivity contribution < 1.29 is 5.21 Å². The summed E-state index contributed by atoms with van der Waals surface area (Å²) in [7, 11) is 0. The van der Waals surface area contributed by atoms with Crippen LogP contribution in [-0.2, 0) is 0 Å². The Morgan fingerprint density at radius 1 is 1.19 bits per heavy atom. The van der Waals surface area contributed by atoms with Crippen LogP contribution in [0.15, 0.2) is 29.0 Å². The van der Waals surface area contributed by atoms with E-state index in [1.807, 2.05) is 11.6 Å². The zero-order valence-electron chi connectivity index (χ0n) is 11.3. The molecule has 1 aliphatic heterocycles. The lowest BCUT2D eigenvalue weighted by Gasteiger charge is -2.34. The highest BCUT2D eigenvalue weighted by Crippen LogP contribution is 2.20. The van der Waals surface area contributed by atoms with E-state index in [9.17, 15) is 0 Å². The number of hydrogen-bond acceptors (Lipinski definition) is 8. The molecule has 0 aliphatic carbocycles. The van der Waals surface area contributed by atoms with E-state index in [0.29, 0.717) is 11.6 Å². The summed E-state index contributed by atoms with van der Waals surface area (Å²) in [5.74, 6) is 0.581. The van der Waals surface area contributed by atoms with Gasteiger partial charge in [0.1, 0.15) is 5.69 Å². The Bertz CT molecular complexity index is 622. The zero-order chi connectivity index (χ0) is 14.7. The van der Waals surface area contributed by atoms with Gasteiger partial charge in [-0.2, -0.15) is 0 Å². The van der Waals surface area contributed by atoms with Crippen LogP contribution in [0.3, 0.4) is 0 Å². The van der Waals surface area contributed by atoms with Crippen LogP contribution in [0, 0.1) is 0 Å². The molecule has 1 fully saturated rings. The molecule has 2 aromatic rings. The summed E-state index contributed by atoms with van der Waals surface area (Å²) in [5.41, 5.74) is 5.98. The van der Waals surface area contributed by atoms with Crippen molar-refractivity contribution in [2.75, 3.05) is 36.0 Å². The van der Waals surface area contributed by atoms with Gasteiger partial charge in [-0.3, -0.25) is 0 Å². The summed E-state index contributed by atoms with van der Waals surface area (Å²) in [6.45, 7) is 3.34. The number of oxime groups is 1. The topological polar surface area (TPSA) is 104 Å². The van der Waals surface area contributed by atoms with E-state index in [1.165, 1.54) is 0 Å². The third-order valence-electron chi connectivity index (χ3n) is 3.27. The number of thiazole rings is 1. The molecule has 0 spiro atoms. The largest absolute Gasteiger partial charge is 0.409 e. The molecule has 0 bridgehead atoms. The van der Waals surface area contributed by atoms with Gasteiger partial charge in [0.15, 0.2) is 11.0 Å². The molecule has 9 heteroatoms. The predicted octanol–water partition coefficient (Wildman–Crippen LogP) is 0.354. The number of piperazine rings is 1. The summed E-state index contributed by atoms with van der Waals surface area (Å²) >= 11 is 1.64. The molecule has 3 heterocycles. The number of anilines is 2. The molecule has 0 radical (unpaired) electrons. The molecular formula is C12H15N7OS. The van der Waals surface area contributed by atoms with Gasteiger partial charge in [-0.05, 0) is 6.07 Å².